The van der Waals surface area contributed by atoms with Gasteiger partial charge in [-0.1, -0.05) is 44.2 Å². The zero-order valence-corrected chi connectivity index (χ0v) is 15.9. The van der Waals surface area contributed by atoms with Crippen LogP contribution in [-0.4, -0.2) is 41.2 Å². The quantitative estimate of drug-likeness (QED) is 0.658. The average Bonchev–Trinajstić information content (AvgIpc) is 2.68. The number of hydrogen-bond donors (Lipinski definition) is 2. The lowest BCUT2D eigenvalue weighted by Crippen LogP contribution is -2.51. The molecule has 7 heteroatoms. The van der Waals surface area contributed by atoms with Gasteiger partial charge in [0.05, 0.1) is 6.20 Å². The summed E-state index contributed by atoms with van der Waals surface area (Å²) in [4.78, 5) is 33.2. The van der Waals surface area contributed by atoms with Crippen molar-refractivity contribution in [2.75, 3.05) is 7.11 Å². The summed E-state index contributed by atoms with van der Waals surface area (Å²) in [7, 11) is 1.55. The molecule has 0 aliphatic heterocycles. The monoisotopic (exact) mass is 370 g/mol. The summed E-state index contributed by atoms with van der Waals surface area (Å²) >= 11 is 0. The second-order valence-corrected chi connectivity index (χ2v) is 6.67. The molecule has 0 saturated heterocycles. The van der Waals surface area contributed by atoms with Gasteiger partial charge in [0, 0.05) is 25.9 Å². The topological polar surface area (TPSA) is 93.2 Å². The van der Waals surface area contributed by atoms with Gasteiger partial charge in [0.15, 0.2) is 0 Å². The normalized spacial score (nSPS) is 13.0. The molecule has 0 fully saturated rings. The Kier molecular flexibility index (Phi) is 7.88. The molecule has 2 amide bonds. The first-order chi connectivity index (χ1) is 13.0. The van der Waals surface area contributed by atoms with Crippen LogP contribution in [0.15, 0.2) is 48.9 Å². The number of ether oxygens (including phenoxy) is 1. The summed E-state index contributed by atoms with van der Waals surface area (Å²) in [6, 6.07) is 8.76. The molecular weight excluding hydrogens is 344 g/mol. The number of nitrogens with zero attached hydrogens (tertiary/aromatic N) is 2. The SMILES string of the molecule is CO[C@@H](CC(C)C)NC(=O)[C@H](Cc1ccccc1)NC(=O)c1cnccn1. The van der Waals surface area contributed by atoms with E-state index in [2.05, 4.69) is 34.4 Å². The maximum absolute atomic E-state index is 12.8. The van der Waals surface area contributed by atoms with Crippen molar-refractivity contribution in [3.8, 4) is 0 Å². The number of aromatic nitrogens is 2. The number of amides is 2. The third-order valence-electron chi connectivity index (χ3n) is 3.97. The Morgan fingerprint density at radius 2 is 1.85 bits per heavy atom. The molecule has 0 bridgehead atoms. The molecule has 0 spiro atoms. The lowest BCUT2D eigenvalue weighted by atomic mass is 10.0. The van der Waals surface area contributed by atoms with E-state index >= 15 is 0 Å². The summed E-state index contributed by atoms with van der Waals surface area (Å²) in [6.45, 7) is 4.10. The van der Waals surface area contributed by atoms with Crippen LogP contribution in [0, 0.1) is 5.92 Å². The summed E-state index contributed by atoms with van der Waals surface area (Å²) in [5.41, 5.74) is 1.10. The van der Waals surface area contributed by atoms with Gasteiger partial charge in [-0.15, -0.1) is 0 Å². The maximum Gasteiger partial charge on any atom is 0.272 e. The van der Waals surface area contributed by atoms with E-state index in [1.807, 2.05) is 30.3 Å². The molecule has 27 heavy (non-hydrogen) atoms. The molecule has 2 rings (SSSR count). The summed E-state index contributed by atoms with van der Waals surface area (Å²) in [5.74, 6) is -0.391. The van der Waals surface area contributed by atoms with E-state index in [0.29, 0.717) is 18.8 Å². The average molecular weight is 370 g/mol. The van der Waals surface area contributed by atoms with Crippen LogP contribution < -0.4 is 10.6 Å². The van der Waals surface area contributed by atoms with Gasteiger partial charge in [0.2, 0.25) is 5.91 Å². The zero-order chi connectivity index (χ0) is 19.6. The minimum atomic E-state index is -0.758. The van der Waals surface area contributed by atoms with Crippen LogP contribution in [0.1, 0.15) is 36.3 Å². The van der Waals surface area contributed by atoms with Crippen molar-refractivity contribution in [2.45, 2.75) is 39.0 Å². The third-order valence-corrected chi connectivity index (χ3v) is 3.97. The highest BCUT2D eigenvalue weighted by atomic mass is 16.5. The molecule has 0 radical (unpaired) electrons. The van der Waals surface area contributed by atoms with Crippen LogP contribution in [0.4, 0.5) is 0 Å². The van der Waals surface area contributed by atoms with Gasteiger partial charge in [-0.05, 0) is 17.9 Å². The van der Waals surface area contributed by atoms with Crippen LogP contribution in [0.25, 0.3) is 0 Å². The molecular formula is C20H26N4O3. The standard InChI is InChI=1S/C20H26N4O3/c1-14(2)11-18(27-3)24-19(25)16(12-15-7-5-4-6-8-15)23-20(26)17-13-21-9-10-22-17/h4-10,13-14,16,18H,11-12H2,1-3H3,(H,23,26)(H,24,25)/t16-,18-/m0/s1. The van der Waals surface area contributed by atoms with Crippen LogP contribution in [-0.2, 0) is 16.0 Å². The molecule has 1 aromatic carbocycles. The number of hydrogen-bond acceptors (Lipinski definition) is 5. The number of carbonyl (C=O) groups excluding carboxylic acids is 2. The smallest absolute Gasteiger partial charge is 0.272 e. The van der Waals surface area contributed by atoms with Crippen molar-refractivity contribution in [2.24, 2.45) is 5.92 Å². The first-order valence-electron chi connectivity index (χ1n) is 8.93. The van der Waals surface area contributed by atoms with E-state index in [0.717, 1.165) is 5.56 Å². The highest BCUT2D eigenvalue weighted by Gasteiger charge is 2.25. The Morgan fingerprint density at radius 1 is 1.11 bits per heavy atom. The largest absolute Gasteiger partial charge is 0.362 e. The van der Waals surface area contributed by atoms with Gasteiger partial charge in [-0.3, -0.25) is 14.6 Å². The number of rotatable bonds is 9. The van der Waals surface area contributed by atoms with Gasteiger partial charge < -0.3 is 15.4 Å². The molecule has 7 nitrogen and oxygen atoms in total. The van der Waals surface area contributed by atoms with E-state index in [1.54, 1.807) is 7.11 Å². The van der Waals surface area contributed by atoms with Crippen molar-refractivity contribution < 1.29 is 14.3 Å². The Labute approximate surface area is 159 Å². The van der Waals surface area contributed by atoms with Crippen LogP contribution in [0.3, 0.4) is 0 Å². The zero-order valence-electron chi connectivity index (χ0n) is 15.9. The highest BCUT2D eigenvalue weighted by Crippen LogP contribution is 2.08. The predicted octanol–water partition coefficient (Wildman–Crippen LogP) is 1.95. The summed E-state index contributed by atoms with van der Waals surface area (Å²) in [5, 5.41) is 5.62. The first kappa shape index (κ1) is 20.5. The van der Waals surface area contributed by atoms with Gasteiger partial charge in [-0.2, -0.15) is 0 Å². The van der Waals surface area contributed by atoms with Crippen molar-refractivity contribution in [3.05, 3.63) is 60.2 Å². The molecule has 0 unspecified atom stereocenters. The van der Waals surface area contributed by atoms with Crippen LogP contribution in [0.2, 0.25) is 0 Å². The number of nitrogens with one attached hydrogen (secondary N) is 2. The molecule has 2 atom stereocenters. The number of benzene rings is 1. The molecule has 2 N–H and O–H groups in total. The second kappa shape index (κ2) is 10.4. The molecule has 0 aliphatic carbocycles. The summed E-state index contributed by atoms with van der Waals surface area (Å²) < 4.78 is 5.35. The van der Waals surface area contributed by atoms with Crippen molar-refractivity contribution in [1.82, 2.24) is 20.6 Å². The first-order valence-corrected chi connectivity index (χ1v) is 8.93. The molecule has 0 saturated carbocycles. The summed E-state index contributed by atoms with van der Waals surface area (Å²) in [6.07, 6.45) is 4.91. The fourth-order valence-corrected chi connectivity index (χ4v) is 2.61. The van der Waals surface area contributed by atoms with Gasteiger partial charge in [0.25, 0.3) is 5.91 Å². The lowest BCUT2D eigenvalue weighted by Gasteiger charge is -2.23. The number of methoxy groups -OCH3 is 1. The van der Waals surface area contributed by atoms with E-state index in [4.69, 9.17) is 4.74 Å². The Morgan fingerprint density at radius 3 is 2.44 bits per heavy atom. The molecule has 2 aromatic rings. The predicted molar refractivity (Wildman–Crippen MR) is 102 cm³/mol. The lowest BCUT2D eigenvalue weighted by molar-refractivity contribution is -0.127. The van der Waals surface area contributed by atoms with Gasteiger partial charge >= 0.3 is 0 Å². The second-order valence-electron chi connectivity index (χ2n) is 6.67. The minimum Gasteiger partial charge on any atom is -0.362 e. The number of carbonyl (C=O) groups is 2. The van der Waals surface area contributed by atoms with Crippen LogP contribution in [0.5, 0.6) is 0 Å². The van der Waals surface area contributed by atoms with E-state index in [9.17, 15) is 9.59 Å². The molecule has 0 aliphatic rings. The van der Waals surface area contributed by atoms with E-state index in [1.165, 1.54) is 18.6 Å². The fraction of sp³-hybridized carbons (Fsp3) is 0.400. The Balaban J connectivity index is 2.13. The van der Waals surface area contributed by atoms with Gasteiger partial charge in [0.1, 0.15) is 18.0 Å². The molecule has 1 aromatic heterocycles. The van der Waals surface area contributed by atoms with E-state index < -0.39 is 18.2 Å². The molecule has 1 heterocycles. The maximum atomic E-state index is 12.8. The van der Waals surface area contributed by atoms with Crippen molar-refractivity contribution in [1.29, 1.82) is 0 Å². The highest BCUT2D eigenvalue weighted by molar-refractivity contribution is 5.96. The van der Waals surface area contributed by atoms with Gasteiger partial charge in [-0.25, -0.2) is 4.98 Å². The molecule has 144 valence electrons. The fourth-order valence-electron chi connectivity index (χ4n) is 2.61. The Hall–Kier alpha value is -2.80. The minimum absolute atomic E-state index is 0.161. The van der Waals surface area contributed by atoms with E-state index in [-0.39, 0.29) is 11.6 Å². The third kappa shape index (κ3) is 6.79. The van der Waals surface area contributed by atoms with Crippen LogP contribution >= 0.6 is 0 Å². The van der Waals surface area contributed by atoms with Crippen molar-refractivity contribution >= 4 is 11.8 Å². The van der Waals surface area contributed by atoms with Crippen molar-refractivity contribution in [3.63, 3.8) is 0 Å². The Bertz CT molecular complexity index is 723.